The van der Waals surface area contributed by atoms with E-state index in [1.807, 2.05) is 6.08 Å². The highest BCUT2D eigenvalue weighted by Crippen LogP contribution is 2.65. The average Bonchev–Trinajstić information content (AvgIpc) is 3.11. The molecule has 3 fully saturated rings. The molecule has 0 saturated heterocycles. The Hall–Kier alpha value is -1.19. The van der Waals surface area contributed by atoms with Crippen LogP contribution in [0.3, 0.4) is 0 Å². The molecule has 178 valence electrons. The molecule has 8 atom stereocenters. The van der Waals surface area contributed by atoms with Gasteiger partial charge in [-0.3, -0.25) is 4.79 Å². The monoisotopic (exact) mass is 440 g/mol. The van der Waals surface area contributed by atoms with Crippen molar-refractivity contribution in [1.82, 2.24) is 0 Å². The Bertz CT molecular complexity index is 818. The van der Waals surface area contributed by atoms with Gasteiger partial charge in [-0.15, -0.1) is 0 Å². The zero-order valence-corrected chi connectivity index (χ0v) is 20.8. The van der Waals surface area contributed by atoms with Gasteiger partial charge in [-0.2, -0.15) is 0 Å². The Morgan fingerprint density at radius 3 is 2.53 bits per heavy atom. The Kier molecular flexibility index (Phi) is 6.64. The van der Waals surface area contributed by atoms with E-state index in [0.717, 1.165) is 19.3 Å². The molecule has 3 nitrogen and oxygen atoms in total. The highest BCUT2D eigenvalue weighted by Gasteiger charge is 2.58. The molecule has 0 heterocycles. The molecule has 0 bridgehead atoms. The van der Waals surface area contributed by atoms with E-state index in [4.69, 9.17) is 0 Å². The minimum Gasteiger partial charge on any atom is -0.393 e. The van der Waals surface area contributed by atoms with Crippen molar-refractivity contribution >= 4 is 5.78 Å². The maximum atomic E-state index is 12.6. The summed E-state index contributed by atoms with van der Waals surface area (Å²) < 4.78 is 0. The molecule has 3 saturated carbocycles. The van der Waals surface area contributed by atoms with Gasteiger partial charge in [-0.05, 0) is 80.1 Å². The molecular formula is C29H44O3. The summed E-state index contributed by atoms with van der Waals surface area (Å²) in [6.07, 6.45) is 15.5. The number of aliphatic hydroxyl groups excluding tert-OH is 2. The Morgan fingerprint density at radius 1 is 1.12 bits per heavy atom. The third-order valence-corrected chi connectivity index (χ3v) is 10.3. The van der Waals surface area contributed by atoms with Crippen molar-refractivity contribution in [3.8, 4) is 0 Å². The molecular weight excluding hydrogens is 396 g/mol. The van der Waals surface area contributed by atoms with Gasteiger partial charge < -0.3 is 10.2 Å². The van der Waals surface area contributed by atoms with Crippen molar-refractivity contribution in [2.45, 2.75) is 98.2 Å². The molecule has 0 radical (unpaired) electrons. The molecule has 32 heavy (non-hydrogen) atoms. The molecule has 2 N–H and O–H groups in total. The number of hydrogen-bond acceptors (Lipinski definition) is 3. The molecule has 4 rings (SSSR count). The SMILES string of the molecule is CCC(CC)C(=O)C=C[C@@H](C)[C@H]1CC[C@H]2C3=CC=C4C[C@@H](O)C[C@H](O)[C@]4(C)[C@H]3CC[C@]12C. The number of carbonyl (C=O) groups is 1. The second-order valence-electron chi connectivity index (χ2n) is 11.7. The number of allylic oxidation sites excluding steroid dienone is 5. The van der Waals surface area contributed by atoms with Crippen LogP contribution in [-0.4, -0.2) is 28.2 Å². The number of hydrogen-bond donors (Lipinski definition) is 2. The molecule has 0 aromatic rings. The second kappa shape index (κ2) is 8.87. The van der Waals surface area contributed by atoms with Crippen LogP contribution in [0.25, 0.3) is 0 Å². The van der Waals surface area contributed by atoms with Crippen molar-refractivity contribution in [2.75, 3.05) is 0 Å². The predicted molar refractivity (Wildman–Crippen MR) is 130 cm³/mol. The van der Waals surface area contributed by atoms with Crippen LogP contribution in [0, 0.1) is 40.4 Å². The Labute approximate surface area is 195 Å². The lowest BCUT2D eigenvalue weighted by Crippen LogP contribution is -2.52. The van der Waals surface area contributed by atoms with E-state index in [0.29, 0.717) is 42.3 Å². The van der Waals surface area contributed by atoms with E-state index in [1.54, 1.807) is 5.57 Å². The van der Waals surface area contributed by atoms with E-state index in [-0.39, 0.29) is 16.7 Å². The molecule has 0 spiro atoms. The predicted octanol–water partition coefficient (Wildman–Crippen LogP) is 6.01. The lowest BCUT2D eigenvalue weighted by atomic mass is 9.49. The van der Waals surface area contributed by atoms with E-state index in [9.17, 15) is 15.0 Å². The van der Waals surface area contributed by atoms with Crippen LogP contribution in [0.1, 0.15) is 86.0 Å². The lowest BCUT2D eigenvalue weighted by molar-refractivity contribution is -0.118. The van der Waals surface area contributed by atoms with Gasteiger partial charge in [-0.25, -0.2) is 0 Å². The summed E-state index contributed by atoms with van der Waals surface area (Å²) >= 11 is 0. The first-order valence-corrected chi connectivity index (χ1v) is 13.2. The maximum Gasteiger partial charge on any atom is 0.158 e. The first-order valence-electron chi connectivity index (χ1n) is 13.2. The molecule has 4 aliphatic carbocycles. The normalized spacial score (nSPS) is 42.2. The average molecular weight is 441 g/mol. The highest BCUT2D eigenvalue weighted by atomic mass is 16.3. The molecule has 0 aromatic carbocycles. The van der Waals surface area contributed by atoms with Gasteiger partial charge >= 0.3 is 0 Å². The van der Waals surface area contributed by atoms with Gasteiger partial charge in [0.25, 0.3) is 0 Å². The van der Waals surface area contributed by atoms with Crippen molar-refractivity contribution in [1.29, 1.82) is 0 Å². The number of carbonyl (C=O) groups excluding carboxylic acids is 1. The fraction of sp³-hybridized carbons (Fsp3) is 0.759. The molecule has 3 heteroatoms. The summed E-state index contributed by atoms with van der Waals surface area (Å²) in [7, 11) is 0. The quantitative estimate of drug-likeness (QED) is 0.497. The minimum absolute atomic E-state index is 0.162. The van der Waals surface area contributed by atoms with Crippen LogP contribution in [0.5, 0.6) is 0 Å². The van der Waals surface area contributed by atoms with E-state index >= 15 is 0 Å². The summed E-state index contributed by atoms with van der Waals surface area (Å²) in [5.74, 6) is 2.40. The molecule has 0 unspecified atom stereocenters. The maximum absolute atomic E-state index is 12.6. The zero-order chi connectivity index (χ0) is 23.3. The molecule has 0 aliphatic heterocycles. The summed E-state index contributed by atoms with van der Waals surface area (Å²) in [5.41, 5.74) is 2.82. The van der Waals surface area contributed by atoms with Gasteiger partial charge in [0.05, 0.1) is 12.2 Å². The topological polar surface area (TPSA) is 57.5 Å². The largest absolute Gasteiger partial charge is 0.393 e. The van der Waals surface area contributed by atoms with Gasteiger partial charge in [0.2, 0.25) is 0 Å². The van der Waals surface area contributed by atoms with Gasteiger partial charge in [0, 0.05) is 17.8 Å². The third kappa shape index (κ3) is 3.68. The first-order chi connectivity index (χ1) is 15.2. The summed E-state index contributed by atoms with van der Waals surface area (Å²) in [4.78, 5) is 12.6. The number of fused-ring (bicyclic) bond motifs is 5. The van der Waals surface area contributed by atoms with Crippen molar-refractivity contribution in [3.05, 3.63) is 35.5 Å². The standard InChI is InChI=1S/C29H44O3/c1-6-19(7-2)26(31)13-8-18(3)23-11-12-24-22-10-9-20-16-21(30)17-27(32)29(20,5)25(22)14-15-28(23,24)4/h8-10,13,18-19,21,23-25,27,30,32H,6-7,11-12,14-17H2,1-5H3/t18-,21-,23-,24+,25+,27+,28-,29+/m1/s1. The van der Waals surface area contributed by atoms with Crippen LogP contribution in [0.2, 0.25) is 0 Å². The van der Waals surface area contributed by atoms with Crippen LogP contribution in [0.4, 0.5) is 0 Å². The van der Waals surface area contributed by atoms with Crippen molar-refractivity contribution in [2.24, 2.45) is 40.4 Å². The van der Waals surface area contributed by atoms with Crippen molar-refractivity contribution < 1.29 is 15.0 Å². The highest BCUT2D eigenvalue weighted by molar-refractivity contribution is 5.91. The van der Waals surface area contributed by atoms with Gasteiger partial charge in [0.15, 0.2) is 5.78 Å². The summed E-state index contributed by atoms with van der Waals surface area (Å²) in [6.45, 7) is 11.3. The van der Waals surface area contributed by atoms with E-state index in [1.165, 1.54) is 24.8 Å². The second-order valence-corrected chi connectivity index (χ2v) is 11.7. The zero-order valence-electron chi connectivity index (χ0n) is 20.8. The van der Waals surface area contributed by atoms with Crippen LogP contribution in [0.15, 0.2) is 35.5 Å². The molecule has 4 aliphatic rings. The van der Waals surface area contributed by atoms with E-state index in [2.05, 4.69) is 52.8 Å². The van der Waals surface area contributed by atoms with Gasteiger partial charge in [0.1, 0.15) is 0 Å². The smallest absolute Gasteiger partial charge is 0.158 e. The number of ketones is 1. The number of aliphatic hydroxyl groups is 2. The van der Waals surface area contributed by atoms with Crippen LogP contribution >= 0.6 is 0 Å². The fourth-order valence-corrected chi connectivity index (χ4v) is 8.16. The Morgan fingerprint density at radius 2 is 1.84 bits per heavy atom. The third-order valence-electron chi connectivity index (χ3n) is 10.3. The fourth-order valence-electron chi connectivity index (χ4n) is 8.16. The molecule has 0 amide bonds. The Balaban J connectivity index is 1.56. The van der Waals surface area contributed by atoms with Crippen molar-refractivity contribution in [3.63, 3.8) is 0 Å². The number of rotatable bonds is 6. The summed E-state index contributed by atoms with van der Waals surface area (Å²) in [6, 6.07) is 0. The van der Waals surface area contributed by atoms with Crippen LogP contribution < -0.4 is 0 Å². The summed E-state index contributed by atoms with van der Waals surface area (Å²) in [5, 5.41) is 21.3. The molecule has 0 aromatic heterocycles. The van der Waals surface area contributed by atoms with Crippen LogP contribution in [-0.2, 0) is 4.79 Å². The minimum atomic E-state index is -0.467. The van der Waals surface area contributed by atoms with E-state index < -0.39 is 12.2 Å². The lowest BCUT2D eigenvalue weighted by Gasteiger charge is -2.56. The first kappa shape index (κ1) is 24.0. The van der Waals surface area contributed by atoms with Gasteiger partial charge in [-0.1, -0.05) is 64.0 Å².